The molecular weight excluding hydrogens is 329 g/mol. The van der Waals surface area contributed by atoms with Gasteiger partial charge in [0.25, 0.3) is 0 Å². The molecule has 25 heavy (non-hydrogen) atoms. The van der Waals surface area contributed by atoms with Crippen LogP contribution in [0.2, 0.25) is 0 Å². The second kappa shape index (κ2) is 8.54. The first kappa shape index (κ1) is 18.7. The molecule has 0 bridgehead atoms. The summed E-state index contributed by atoms with van der Waals surface area (Å²) in [6, 6.07) is 2.27. The Hall–Kier alpha value is -1.07. The molecule has 2 nitrogen and oxygen atoms in total. The highest BCUT2D eigenvalue weighted by molar-refractivity contribution is 5.23. The number of unbranched alkanes of at least 4 members (excludes halogenated alkanes) is 1. The summed E-state index contributed by atoms with van der Waals surface area (Å²) in [4.78, 5) is 0. The van der Waals surface area contributed by atoms with Crippen molar-refractivity contribution in [2.75, 3.05) is 13.2 Å². The Morgan fingerprint density at radius 2 is 1.56 bits per heavy atom. The second-order valence-electron chi connectivity index (χ2n) is 7.45. The van der Waals surface area contributed by atoms with Crippen molar-refractivity contribution < 1.29 is 22.6 Å². The number of halogens is 3. The van der Waals surface area contributed by atoms with Gasteiger partial charge in [0.15, 0.2) is 23.7 Å². The first-order valence-corrected chi connectivity index (χ1v) is 9.46. The number of hydrogen-bond donors (Lipinski definition) is 0. The average Bonchev–Trinajstić information content (AvgIpc) is 2.64. The van der Waals surface area contributed by atoms with E-state index in [0.29, 0.717) is 17.4 Å². The summed E-state index contributed by atoms with van der Waals surface area (Å²) in [5.74, 6) is -2.69. The lowest BCUT2D eigenvalue weighted by molar-refractivity contribution is -0.229. The van der Waals surface area contributed by atoms with Crippen LogP contribution in [0.1, 0.15) is 63.4 Å². The third kappa shape index (κ3) is 4.56. The summed E-state index contributed by atoms with van der Waals surface area (Å²) in [6.07, 6.45) is 6.82. The molecule has 1 saturated carbocycles. The lowest BCUT2D eigenvalue weighted by Gasteiger charge is -2.37. The Balaban J connectivity index is 1.49. The van der Waals surface area contributed by atoms with Gasteiger partial charge in [0.1, 0.15) is 0 Å². The molecule has 0 unspecified atom stereocenters. The summed E-state index contributed by atoms with van der Waals surface area (Å²) in [7, 11) is 0. The van der Waals surface area contributed by atoms with E-state index >= 15 is 0 Å². The smallest absolute Gasteiger partial charge is 0.194 e. The standard InChI is InChI=1S/C20H27F3O2/c1-2-3-4-13-11-24-20(25-12-13)15-7-5-14(6-8-15)16-9-17(21)19(23)18(22)10-16/h9-10,13-15,20H,2-8,11-12H2,1H3. The van der Waals surface area contributed by atoms with E-state index in [1.807, 2.05) is 0 Å². The van der Waals surface area contributed by atoms with Gasteiger partial charge in [-0.2, -0.15) is 0 Å². The van der Waals surface area contributed by atoms with Crippen molar-refractivity contribution in [2.24, 2.45) is 11.8 Å². The van der Waals surface area contributed by atoms with Crippen molar-refractivity contribution in [3.05, 3.63) is 35.1 Å². The fourth-order valence-corrected chi connectivity index (χ4v) is 4.03. The molecule has 1 aliphatic heterocycles. The minimum absolute atomic E-state index is 0.0711. The minimum atomic E-state index is -1.39. The van der Waals surface area contributed by atoms with Crippen molar-refractivity contribution in [2.45, 2.75) is 64.1 Å². The first-order valence-electron chi connectivity index (χ1n) is 9.46. The van der Waals surface area contributed by atoms with Crippen LogP contribution in [0.4, 0.5) is 13.2 Å². The zero-order chi connectivity index (χ0) is 17.8. The maximum Gasteiger partial charge on any atom is 0.194 e. The molecule has 1 aromatic carbocycles. The molecule has 140 valence electrons. The SMILES string of the molecule is CCCCC1COC(C2CCC(c3cc(F)c(F)c(F)c3)CC2)OC1. The lowest BCUT2D eigenvalue weighted by atomic mass is 9.78. The zero-order valence-electron chi connectivity index (χ0n) is 14.8. The molecule has 0 N–H and O–H groups in total. The Morgan fingerprint density at radius 3 is 2.12 bits per heavy atom. The summed E-state index contributed by atoms with van der Waals surface area (Å²) in [5.41, 5.74) is 0.556. The Bertz CT molecular complexity index is 539. The molecule has 2 fully saturated rings. The van der Waals surface area contributed by atoms with Gasteiger partial charge < -0.3 is 9.47 Å². The molecule has 0 aromatic heterocycles. The number of hydrogen-bond acceptors (Lipinski definition) is 2. The molecule has 1 aromatic rings. The summed E-state index contributed by atoms with van der Waals surface area (Å²) in [5, 5.41) is 0. The summed E-state index contributed by atoms with van der Waals surface area (Å²) >= 11 is 0. The maximum atomic E-state index is 13.4. The maximum absolute atomic E-state index is 13.4. The topological polar surface area (TPSA) is 18.5 Å². The average molecular weight is 356 g/mol. The molecule has 1 saturated heterocycles. The van der Waals surface area contributed by atoms with Gasteiger partial charge in [0, 0.05) is 11.8 Å². The van der Waals surface area contributed by atoms with Crippen molar-refractivity contribution in [3.63, 3.8) is 0 Å². The van der Waals surface area contributed by atoms with Crippen molar-refractivity contribution in [1.82, 2.24) is 0 Å². The first-order chi connectivity index (χ1) is 12.1. The summed E-state index contributed by atoms with van der Waals surface area (Å²) < 4.78 is 51.8. The molecule has 0 radical (unpaired) electrons. The molecule has 2 aliphatic rings. The molecule has 5 heteroatoms. The van der Waals surface area contributed by atoms with Crippen LogP contribution in [0, 0.1) is 29.3 Å². The van der Waals surface area contributed by atoms with Crippen molar-refractivity contribution >= 4 is 0 Å². The van der Waals surface area contributed by atoms with Gasteiger partial charge in [0.2, 0.25) is 0 Å². The molecule has 0 spiro atoms. The number of rotatable bonds is 5. The third-order valence-corrected chi connectivity index (χ3v) is 5.59. The van der Waals surface area contributed by atoms with Gasteiger partial charge in [-0.3, -0.25) is 0 Å². The van der Waals surface area contributed by atoms with E-state index in [4.69, 9.17) is 9.47 Å². The van der Waals surface area contributed by atoms with Crippen LogP contribution in [0.25, 0.3) is 0 Å². The fraction of sp³-hybridized carbons (Fsp3) is 0.700. The highest BCUT2D eigenvalue weighted by atomic mass is 19.2. The highest BCUT2D eigenvalue weighted by Gasteiger charge is 2.33. The fourth-order valence-electron chi connectivity index (χ4n) is 4.03. The Morgan fingerprint density at radius 1 is 0.960 bits per heavy atom. The summed E-state index contributed by atoms with van der Waals surface area (Å²) in [6.45, 7) is 3.71. The van der Waals surface area contributed by atoms with Gasteiger partial charge in [-0.05, 0) is 55.7 Å². The monoisotopic (exact) mass is 356 g/mol. The highest BCUT2D eigenvalue weighted by Crippen LogP contribution is 2.39. The van der Waals surface area contributed by atoms with Gasteiger partial charge >= 0.3 is 0 Å². The molecule has 3 rings (SSSR count). The van der Waals surface area contributed by atoms with Gasteiger partial charge in [-0.1, -0.05) is 19.8 Å². The van der Waals surface area contributed by atoms with E-state index in [0.717, 1.165) is 57.5 Å². The van der Waals surface area contributed by atoms with Crippen LogP contribution in [0.15, 0.2) is 12.1 Å². The molecule has 1 heterocycles. The van der Waals surface area contributed by atoms with E-state index in [-0.39, 0.29) is 12.2 Å². The van der Waals surface area contributed by atoms with Gasteiger partial charge in [-0.25, -0.2) is 13.2 Å². The third-order valence-electron chi connectivity index (χ3n) is 5.59. The predicted molar refractivity (Wildman–Crippen MR) is 89.7 cm³/mol. The molecule has 0 atom stereocenters. The molecular formula is C20H27F3O2. The number of benzene rings is 1. The lowest BCUT2D eigenvalue weighted by Crippen LogP contribution is -2.38. The van der Waals surface area contributed by atoms with Gasteiger partial charge in [-0.15, -0.1) is 0 Å². The van der Waals surface area contributed by atoms with Crippen LogP contribution >= 0.6 is 0 Å². The number of ether oxygens (including phenoxy) is 2. The second-order valence-corrected chi connectivity index (χ2v) is 7.45. The van der Waals surface area contributed by atoms with E-state index in [1.54, 1.807) is 0 Å². The Kier molecular flexibility index (Phi) is 6.39. The molecule has 1 aliphatic carbocycles. The minimum Gasteiger partial charge on any atom is -0.352 e. The van der Waals surface area contributed by atoms with Crippen LogP contribution in [0.5, 0.6) is 0 Å². The van der Waals surface area contributed by atoms with Crippen LogP contribution < -0.4 is 0 Å². The zero-order valence-corrected chi connectivity index (χ0v) is 14.8. The largest absolute Gasteiger partial charge is 0.352 e. The predicted octanol–water partition coefficient (Wildman–Crippen LogP) is 5.56. The van der Waals surface area contributed by atoms with Crippen LogP contribution in [-0.4, -0.2) is 19.5 Å². The van der Waals surface area contributed by atoms with Crippen molar-refractivity contribution in [3.8, 4) is 0 Å². The normalized spacial score (nSPS) is 30.4. The van der Waals surface area contributed by atoms with Gasteiger partial charge in [0.05, 0.1) is 13.2 Å². The van der Waals surface area contributed by atoms with Crippen LogP contribution in [-0.2, 0) is 9.47 Å². The van der Waals surface area contributed by atoms with E-state index in [9.17, 15) is 13.2 Å². The molecule has 0 amide bonds. The van der Waals surface area contributed by atoms with Crippen molar-refractivity contribution in [1.29, 1.82) is 0 Å². The van der Waals surface area contributed by atoms with E-state index in [2.05, 4.69) is 6.92 Å². The quantitative estimate of drug-likeness (QED) is 0.643. The van der Waals surface area contributed by atoms with E-state index in [1.165, 1.54) is 12.8 Å². The Labute approximate surface area is 147 Å². The van der Waals surface area contributed by atoms with Crippen LogP contribution in [0.3, 0.4) is 0 Å². The van der Waals surface area contributed by atoms with E-state index < -0.39 is 17.5 Å².